The first-order valence-corrected chi connectivity index (χ1v) is 9.91. The Labute approximate surface area is 160 Å². The van der Waals surface area contributed by atoms with Crippen LogP contribution in [0.3, 0.4) is 0 Å². The summed E-state index contributed by atoms with van der Waals surface area (Å²) in [4.78, 5) is 22.5. The quantitative estimate of drug-likeness (QED) is 0.473. The molecule has 1 amide bonds. The van der Waals surface area contributed by atoms with Crippen LogP contribution in [0.2, 0.25) is 5.02 Å². The summed E-state index contributed by atoms with van der Waals surface area (Å²) >= 11 is 5.96. The molecule has 3 N–H and O–H groups in total. The Hall–Kier alpha value is -2.85. The molecule has 0 radical (unpaired) electrons. The molecule has 0 bridgehead atoms. The number of nitro groups is 1. The minimum atomic E-state index is -3.41. The van der Waals surface area contributed by atoms with Crippen molar-refractivity contribution in [1.29, 1.82) is 0 Å². The molecule has 0 saturated carbocycles. The first-order chi connectivity index (χ1) is 12.5. The van der Waals surface area contributed by atoms with Gasteiger partial charge in [-0.1, -0.05) is 17.7 Å². The molecule has 0 aliphatic heterocycles. The average molecular weight is 413 g/mol. The number of non-ortho nitro benzene ring substituents is 1. The largest absolute Gasteiger partial charge is 0.374 e. The molecule has 0 aliphatic rings. The van der Waals surface area contributed by atoms with Gasteiger partial charge in [-0.2, -0.15) is 0 Å². The SMILES string of the molecule is CC(Nc1cccc(NS(C)(=O)=O)c1)C(=O)Nc1ccc([N+](=O)[O-])cc1Cl. The molecule has 2 rings (SSSR count). The average Bonchev–Trinajstić information content (AvgIpc) is 2.55. The van der Waals surface area contributed by atoms with Crippen LogP contribution in [-0.4, -0.2) is 31.5 Å². The molecule has 1 unspecified atom stereocenters. The number of hydrogen-bond donors (Lipinski definition) is 3. The number of benzene rings is 2. The Morgan fingerprint density at radius 1 is 1.19 bits per heavy atom. The number of nitro benzene ring substituents is 1. The lowest BCUT2D eigenvalue weighted by Crippen LogP contribution is -2.32. The highest BCUT2D eigenvalue weighted by Gasteiger charge is 2.16. The van der Waals surface area contributed by atoms with Gasteiger partial charge < -0.3 is 10.6 Å². The Kier molecular flexibility index (Phi) is 6.24. The van der Waals surface area contributed by atoms with Crippen LogP contribution < -0.4 is 15.4 Å². The lowest BCUT2D eigenvalue weighted by atomic mass is 10.2. The number of sulfonamides is 1. The smallest absolute Gasteiger partial charge is 0.271 e. The molecule has 9 nitrogen and oxygen atoms in total. The first-order valence-electron chi connectivity index (χ1n) is 7.64. The van der Waals surface area contributed by atoms with Crippen molar-refractivity contribution in [3.63, 3.8) is 0 Å². The molecular weight excluding hydrogens is 396 g/mol. The van der Waals surface area contributed by atoms with Gasteiger partial charge in [-0.3, -0.25) is 19.6 Å². The normalized spacial score (nSPS) is 12.1. The van der Waals surface area contributed by atoms with Crippen LogP contribution >= 0.6 is 11.6 Å². The molecule has 2 aromatic rings. The fourth-order valence-corrected chi connectivity index (χ4v) is 2.94. The Morgan fingerprint density at radius 2 is 1.85 bits per heavy atom. The topological polar surface area (TPSA) is 130 Å². The van der Waals surface area contributed by atoms with Crippen molar-refractivity contribution in [2.75, 3.05) is 21.6 Å². The predicted molar refractivity (Wildman–Crippen MR) is 105 cm³/mol. The summed E-state index contributed by atoms with van der Waals surface area (Å²) in [5, 5.41) is 16.3. The maximum absolute atomic E-state index is 12.3. The zero-order valence-electron chi connectivity index (χ0n) is 14.4. The van der Waals surface area contributed by atoms with Crippen molar-refractivity contribution in [2.45, 2.75) is 13.0 Å². The van der Waals surface area contributed by atoms with Crippen molar-refractivity contribution in [3.05, 3.63) is 57.6 Å². The number of anilines is 3. The zero-order valence-corrected chi connectivity index (χ0v) is 16.0. The van der Waals surface area contributed by atoms with E-state index in [1.54, 1.807) is 31.2 Å². The van der Waals surface area contributed by atoms with Crippen molar-refractivity contribution in [1.82, 2.24) is 0 Å². The molecule has 1 atom stereocenters. The summed E-state index contributed by atoms with van der Waals surface area (Å²) in [6, 6.07) is 9.47. The van der Waals surface area contributed by atoms with E-state index in [9.17, 15) is 23.3 Å². The number of carbonyl (C=O) groups is 1. The molecule has 0 spiro atoms. The molecule has 0 aromatic heterocycles. The van der Waals surface area contributed by atoms with E-state index in [1.807, 2.05) is 0 Å². The Balaban J connectivity index is 2.06. The van der Waals surface area contributed by atoms with Crippen molar-refractivity contribution in [2.24, 2.45) is 0 Å². The van der Waals surface area contributed by atoms with Crippen LogP contribution in [0.5, 0.6) is 0 Å². The molecule has 0 fully saturated rings. The van der Waals surface area contributed by atoms with Crippen LogP contribution in [-0.2, 0) is 14.8 Å². The lowest BCUT2D eigenvalue weighted by molar-refractivity contribution is -0.384. The van der Waals surface area contributed by atoms with Gasteiger partial charge in [0, 0.05) is 17.8 Å². The van der Waals surface area contributed by atoms with Crippen molar-refractivity contribution >= 4 is 50.3 Å². The molecule has 0 heterocycles. The number of nitrogens with zero attached hydrogens (tertiary/aromatic N) is 1. The Bertz CT molecular complexity index is 981. The highest BCUT2D eigenvalue weighted by Crippen LogP contribution is 2.27. The fraction of sp³-hybridized carbons (Fsp3) is 0.188. The summed E-state index contributed by atoms with van der Waals surface area (Å²) in [5.41, 5.74) is 0.947. The number of carbonyl (C=O) groups excluding carboxylic acids is 1. The third-order valence-electron chi connectivity index (χ3n) is 3.36. The highest BCUT2D eigenvalue weighted by atomic mass is 35.5. The summed E-state index contributed by atoms with van der Waals surface area (Å²) < 4.78 is 24.9. The molecule has 2 aromatic carbocycles. The fourth-order valence-electron chi connectivity index (χ4n) is 2.16. The summed E-state index contributed by atoms with van der Waals surface area (Å²) in [6.07, 6.45) is 1.04. The first kappa shape index (κ1) is 20.5. The van der Waals surface area contributed by atoms with Crippen LogP contribution in [0.4, 0.5) is 22.7 Å². The predicted octanol–water partition coefficient (Wildman–Crippen LogP) is 3.06. The van der Waals surface area contributed by atoms with E-state index >= 15 is 0 Å². The van der Waals surface area contributed by atoms with Crippen LogP contribution in [0.15, 0.2) is 42.5 Å². The molecule has 144 valence electrons. The molecule has 0 saturated heterocycles. The second-order valence-electron chi connectivity index (χ2n) is 5.73. The number of halogens is 1. The van der Waals surface area contributed by atoms with E-state index in [0.29, 0.717) is 11.4 Å². The van der Waals surface area contributed by atoms with Crippen LogP contribution in [0, 0.1) is 10.1 Å². The molecule has 27 heavy (non-hydrogen) atoms. The second kappa shape index (κ2) is 8.23. The third-order valence-corrected chi connectivity index (χ3v) is 4.28. The minimum absolute atomic E-state index is 0.0455. The van der Waals surface area contributed by atoms with Gasteiger partial charge in [0.1, 0.15) is 6.04 Å². The van der Waals surface area contributed by atoms with Gasteiger partial charge in [-0.05, 0) is 31.2 Å². The van der Waals surface area contributed by atoms with E-state index in [4.69, 9.17) is 11.6 Å². The van der Waals surface area contributed by atoms with Crippen molar-refractivity contribution < 1.29 is 18.1 Å². The summed E-state index contributed by atoms with van der Waals surface area (Å²) in [5.74, 6) is -0.424. The zero-order chi connectivity index (χ0) is 20.2. The van der Waals surface area contributed by atoms with Gasteiger partial charge in [-0.15, -0.1) is 0 Å². The summed E-state index contributed by atoms with van der Waals surface area (Å²) in [7, 11) is -3.41. The van der Waals surface area contributed by atoms with E-state index in [1.165, 1.54) is 12.1 Å². The van der Waals surface area contributed by atoms with Gasteiger partial charge in [0.05, 0.1) is 27.6 Å². The molecule has 0 aliphatic carbocycles. The van der Waals surface area contributed by atoms with E-state index in [-0.39, 0.29) is 16.4 Å². The lowest BCUT2D eigenvalue weighted by Gasteiger charge is -2.16. The maximum Gasteiger partial charge on any atom is 0.271 e. The minimum Gasteiger partial charge on any atom is -0.374 e. The molecule has 11 heteroatoms. The van der Waals surface area contributed by atoms with Crippen molar-refractivity contribution in [3.8, 4) is 0 Å². The second-order valence-corrected chi connectivity index (χ2v) is 7.89. The van der Waals surface area contributed by atoms with E-state index in [0.717, 1.165) is 12.3 Å². The maximum atomic E-state index is 12.3. The van der Waals surface area contributed by atoms with Crippen LogP contribution in [0.1, 0.15) is 6.92 Å². The summed E-state index contributed by atoms with van der Waals surface area (Å²) in [6.45, 7) is 1.60. The number of hydrogen-bond acceptors (Lipinski definition) is 6. The molecular formula is C16H17ClN4O5S. The number of rotatable bonds is 7. The van der Waals surface area contributed by atoms with Gasteiger partial charge in [0.15, 0.2) is 0 Å². The third kappa shape index (κ3) is 6.12. The standard InChI is InChI=1S/C16H17ClN4O5S/c1-10(18-11-4-3-5-12(8-11)20-27(2,25)26)16(22)19-15-7-6-13(21(23)24)9-14(15)17/h3-10,18,20H,1-2H3,(H,19,22). The van der Waals surface area contributed by atoms with Gasteiger partial charge in [0.25, 0.3) is 5.69 Å². The van der Waals surface area contributed by atoms with E-state index in [2.05, 4.69) is 15.4 Å². The Morgan fingerprint density at radius 3 is 2.44 bits per heavy atom. The number of nitrogens with one attached hydrogen (secondary N) is 3. The number of amides is 1. The van der Waals surface area contributed by atoms with Crippen LogP contribution in [0.25, 0.3) is 0 Å². The highest BCUT2D eigenvalue weighted by molar-refractivity contribution is 7.92. The van der Waals surface area contributed by atoms with Gasteiger partial charge in [0.2, 0.25) is 15.9 Å². The van der Waals surface area contributed by atoms with Gasteiger partial charge >= 0.3 is 0 Å². The monoisotopic (exact) mass is 412 g/mol. The van der Waals surface area contributed by atoms with Gasteiger partial charge in [-0.25, -0.2) is 8.42 Å². The van der Waals surface area contributed by atoms with E-state index < -0.39 is 26.9 Å².